The Kier molecular flexibility index (Phi) is 6.80. The molecule has 0 radical (unpaired) electrons. The fourth-order valence-electron chi connectivity index (χ4n) is 2.96. The molecule has 0 spiro atoms. The molecule has 1 heterocycles. The van der Waals surface area contributed by atoms with Crippen LogP contribution in [0.5, 0.6) is 5.75 Å². The molecule has 1 aliphatic rings. The number of nitro groups is 1. The van der Waals surface area contributed by atoms with Crippen LogP contribution in [-0.2, 0) is 21.3 Å². The number of hydrogen-bond acceptors (Lipinski definition) is 7. The zero-order chi connectivity index (χ0) is 21.7. The second-order valence-corrected chi connectivity index (χ2v) is 8.23. The Morgan fingerprint density at radius 1 is 1.20 bits per heavy atom. The number of sulfonamides is 1. The maximum Gasteiger partial charge on any atom is 0.387 e. The van der Waals surface area contributed by atoms with Gasteiger partial charge in [0.15, 0.2) is 0 Å². The van der Waals surface area contributed by atoms with Gasteiger partial charge in [-0.1, -0.05) is 18.2 Å². The van der Waals surface area contributed by atoms with E-state index in [-0.39, 0.29) is 49.2 Å². The molecular weight excluding hydrogens is 424 g/mol. The molecule has 3 rings (SSSR count). The van der Waals surface area contributed by atoms with Crippen LogP contribution in [0.2, 0.25) is 0 Å². The van der Waals surface area contributed by atoms with Crippen molar-refractivity contribution in [3.8, 4) is 5.75 Å². The summed E-state index contributed by atoms with van der Waals surface area (Å²) in [5.74, 6) is -0.0610. The molecule has 0 unspecified atom stereocenters. The Bertz CT molecular complexity index is 1010. The van der Waals surface area contributed by atoms with Crippen LogP contribution in [0.1, 0.15) is 5.56 Å². The number of benzene rings is 2. The van der Waals surface area contributed by atoms with E-state index in [1.54, 1.807) is 6.07 Å². The first-order valence-electron chi connectivity index (χ1n) is 8.92. The number of ether oxygens (including phenoxy) is 2. The fraction of sp³-hybridized carbons (Fsp3) is 0.333. The average molecular weight is 443 g/mol. The lowest BCUT2D eigenvalue weighted by atomic mass is 10.2. The maximum absolute atomic E-state index is 12.7. The van der Waals surface area contributed by atoms with E-state index in [0.717, 1.165) is 6.07 Å². The molecule has 1 saturated heterocycles. The van der Waals surface area contributed by atoms with Gasteiger partial charge in [0.2, 0.25) is 10.0 Å². The first-order valence-corrected chi connectivity index (χ1v) is 10.4. The number of alkyl halides is 2. The normalized spacial score (nSPS) is 15.2. The van der Waals surface area contributed by atoms with Gasteiger partial charge in [-0.15, -0.1) is 0 Å². The number of hydrogen-bond donors (Lipinski definition) is 1. The largest absolute Gasteiger partial charge is 0.434 e. The summed E-state index contributed by atoms with van der Waals surface area (Å²) in [5, 5.41) is 14.3. The number of nitro benzene ring substituents is 1. The van der Waals surface area contributed by atoms with Crippen molar-refractivity contribution in [2.75, 3.05) is 31.6 Å². The molecule has 0 amide bonds. The highest BCUT2D eigenvalue weighted by Gasteiger charge is 2.29. The van der Waals surface area contributed by atoms with Crippen LogP contribution in [0.25, 0.3) is 0 Å². The van der Waals surface area contributed by atoms with E-state index in [9.17, 15) is 27.3 Å². The quantitative estimate of drug-likeness (QED) is 0.493. The van der Waals surface area contributed by atoms with Crippen molar-refractivity contribution in [1.82, 2.24) is 4.31 Å². The Labute approximate surface area is 171 Å². The Balaban J connectivity index is 1.84. The van der Waals surface area contributed by atoms with Gasteiger partial charge in [-0.25, -0.2) is 8.42 Å². The minimum atomic E-state index is -3.90. The molecule has 1 N–H and O–H groups in total. The van der Waals surface area contributed by atoms with Crippen molar-refractivity contribution >= 4 is 21.4 Å². The first-order chi connectivity index (χ1) is 14.3. The second-order valence-electron chi connectivity index (χ2n) is 6.29. The van der Waals surface area contributed by atoms with Crippen LogP contribution < -0.4 is 10.1 Å². The molecule has 0 bridgehead atoms. The van der Waals surface area contributed by atoms with E-state index in [0.29, 0.717) is 5.56 Å². The lowest BCUT2D eigenvalue weighted by Gasteiger charge is -2.26. The SMILES string of the molecule is O=[N+]([O-])c1cc(S(=O)(=O)N2CCOCC2)ccc1NCc1ccccc1OC(F)F. The minimum Gasteiger partial charge on any atom is -0.434 e. The number of nitrogens with zero attached hydrogens (tertiary/aromatic N) is 2. The smallest absolute Gasteiger partial charge is 0.387 e. The molecule has 0 aromatic heterocycles. The monoisotopic (exact) mass is 443 g/mol. The molecular formula is C18H19F2N3O6S. The molecule has 1 fully saturated rings. The third-order valence-electron chi connectivity index (χ3n) is 4.43. The van der Waals surface area contributed by atoms with Crippen LogP contribution in [-0.4, -0.2) is 50.6 Å². The van der Waals surface area contributed by atoms with Crippen LogP contribution >= 0.6 is 0 Å². The summed E-state index contributed by atoms with van der Waals surface area (Å²) >= 11 is 0. The van der Waals surface area contributed by atoms with E-state index in [1.165, 1.54) is 34.6 Å². The van der Waals surface area contributed by atoms with Crippen molar-refractivity contribution in [1.29, 1.82) is 0 Å². The highest BCUT2D eigenvalue weighted by atomic mass is 32.2. The van der Waals surface area contributed by atoms with Crippen molar-refractivity contribution in [2.24, 2.45) is 0 Å². The van der Waals surface area contributed by atoms with E-state index in [2.05, 4.69) is 10.1 Å². The lowest BCUT2D eigenvalue weighted by Crippen LogP contribution is -2.40. The van der Waals surface area contributed by atoms with Gasteiger partial charge in [0.05, 0.1) is 23.0 Å². The number of halogens is 2. The molecule has 162 valence electrons. The average Bonchev–Trinajstić information content (AvgIpc) is 2.73. The number of para-hydroxylation sites is 1. The highest BCUT2D eigenvalue weighted by molar-refractivity contribution is 7.89. The zero-order valence-electron chi connectivity index (χ0n) is 15.7. The van der Waals surface area contributed by atoms with E-state index in [1.807, 2.05) is 0 Å². The van der Waals surface area contributed by atoms with Gasteiger partial charge in [-0.05, 0) is 18.2 Å². The van der Waals surface area contributed by atoms with Crippen LogP contribution in [0.4, 0.5) is 20.2 Å². The predicted molar refractivity (Wildman–Crippen MR) is 103 cm³/mol. The summed E-state index contributed by atoms with van der Waals surface area (Å²) in [7, 11) is -3.90. The molecule has 2 aromatic carbocycles. The van der Waals surface area contributed by atoms with Crippen molar-refractivity contribution in [3.05, 3.63) is 58.1 Å². The lowest BCUT2D eigenvalue weighted by molar-refractivity contribution is -0.384. The van der Waals surface area contributed by atoms with Crippen molar-refractivity contribution in [2.45, 2.75) is 18.1 Å². The Hall–Kier alpha value is -2.83. The number of nitrogens with one attached hydrogen (secondary N) is 1. The first kappa shape index (κ1) is 21.9. The van der Waals surface area contributed by atoms with Gasteiger partial charge in [-0.3, -0.25) is 10.1 Å². The summed E-state index contributed by atoms with van der Waals surface area (Å²) < 4.78 is 61.4. The van der Waals surface area contributed by atoms with Gasteiger partial charge < -0.3 is 14.8 Å². The van der Waals surface area contributed by atoms with Gasteiger partial charge in [0.25, 0.3) is 5.69 Å². The molecule has 12 heteroatoms. The predicted octanol–water partition coefficient (Wildman–Crippen LogP) is 2.83. The molecule has 1 aliphatic heterocycles. The van der Waals surface area contributed by atoms with Crippen LogP contribution in [0.3, 0.4) is 0 Å². The third kappa shape index (κ3) is 5.01. The van der Waals surface area contributed by atoms with Crippen molar-refractivity contribution < 1.29 is 31.6 Å². The highest BCUT2D eigenvalue weighted by Crippen LogP contribution is 2.30. The van der Waals surface area contributed by atoms with Gasteiger partial charge in [0, 0.05) is 31.3 Å². The second kappa shape index (κ2) is 9.32. The van der Waals surface area contributed by atoms with E-state index >= 15 is 0 Å². The third-order valence-corrected chi connectivity index (χ3v) is 6.33. The number of anilines is 1. The minimum absolute atomic E-state index is 0.0424. The fourth-order valence-corrected chi connectivity index (χ4v) is 4.39. The van der Waals surface area contributed by atoms with Crippen LogP contribution in [0.15, 0.2) is 47.4 Å². The molecule has 0 saturated carbocycles. The van der Waals surface area contributed by atoms with E-state index in [4.69, 9.17) is 4.74 Å². The number of rotatable bonds is 8. The Morgan fingerprint density at radius 2 is 1.90 bits per heavy atom. The van der Waals surface area contributed by atoms with Crippen LogP contribution in [0, 0.1) is 10.1 Å². The van der Waals surface area contributed by atoms with Gasteiger partial charge >= 0.3 is 6.61 Å². The maximum atomic E-state index is 12.7. The molecule has 2 aromatic rings. The molecule has 0 atom stereocenters. The van der Waals surface area contributed by atoms with Gasteiger partial charge in [0.1, 0.15) is 11.4 Å². The molecule has 0 aliphatic carbocycles. The topological polar surface area (TPSA) is 111 Å². The Morgan fingerprint density at radius 3 is 2.57 bits per heavy atom. The summed E-state index contributed by atoms with van der Waals surface area (Å²) in [4.78, 5) is 10.6. The van der Waals surface area contributed by atoms with Crippen molar-refractivity contribution in [3.63, 3.8) is 0 Å². The summed E-state index contributed by atoms with van der Waals surface area (Å²) in [6, 6.07) is 9.55. The summed E-state index contributed by atoms with van der Waals surface area (Å²) in [5.41, 5.74) is -0.0403. The molecule has 9 nitrogen and oxygen atoms in total. The van der Waals surface area contributed by atoms with E-state index < -0.39 is 27.2 Å². The molecule has 30 heavy (non-hydrogen) atoms. The zero-order valence-corrected chi connectivity index (χ0v) is 16.5. The van der Waals surface area contributed by atoms with Gasteiger partial charge in [-0.2, -0.15) is 13.1 Å². The number of morpholine rings is 1. The summed E-state index contributed by atoms with van der Waals surface area (Å²) in [6.07, 6.45) is 0. The standard InChI is InChI=1S/C18H19F2N3O6S/c19-18(20)29-17-4-2-1-3-13(17)12-21-15-6-5-14(11-16(15)23(24)25)30(26,27)22-7-9-28-10-8-22/h1-6,11,18,21H,7-10,12H2. The summed E-state index contributed by atoms with van der Waals surface area (Å²) in [6.45, 7) is -2.22.